The van der Waals surface area contributed by atoms with E-state index in [1.54, 1.807) is 0 Å². The van der Waals surface area contributed by atoms with Gasteiger partial charge in [-0.05, 0) is 37.7 Å². The van der Waals surface area contributed by atoms with E-state index in [9.17, 15) is 10.0 Å². The smallest absolute Gasteiger partial charge is 0.239 e. The number of para-hydroxylation sites is 1. The van der Waals surface area contributed by atoms with Gasteiger partial charge in [-0.1, -0.05) is 23.4 Å². The average Bonchev–Trinajstić information content (AvgIpc) is 3.33. The predicted molar refractivity (Wildman–Crippen MR) is 81.9 cm³/mol. The van der Waals surface area contributed by atoms with Crippen molar-refractivity contribution < 1.29 is 10.0 Å². The molecule has 0 bridgehead atoms. The van der Waals surface area contributed by atoms with E-state index in [1.807, 2.05) is 24.3 Å². The zero-order chi connectivity index (χ0) is 14.7. The summed E-state index contributed by atoms with van der Waals surface area (Å²) in [6.07, 6.45) is 4.09. The van der Waals surface area contributed by atoms with Crippen LogP contribution in [-0.4, -0.2) is 36.5 Å². The lowest BCUT2D eigenvalue weighted by atomic mass is 10.1. The molecule has 1 aromatic carbocycles. The van der Waals surface area contributed by atoms with Gasteiger partial charge in [0, 0.05) is 24.3 Å². The molecule has 5 nitrogen and oxygen atoms in total. The highest BCUT2D eigenvalue weighted by Gasteiger charge is 2.24. The molecular weight excluding hydrogens is 266 g/mol. The molecule has 1 saturated carbocycles. The van der Waals surface area contributed by atoms with E-state index >= 15 is 0 Å². The standard InChI is InChI=1S/C16H21N3O2/c20-16(17-10-12-7-8-12)11-19-9-3-5-14(18-21)13-4-1-2-6-15(13)19/h1-2,4,6,12,21H,3,5,7-11H2,(H,17,20)/b18-14-. The van der Waals surface area contributed by atoms with Crippen LogP contribution in [0.3, 0.4) is 0 Å². The summed E-state index contributed by atoms with van der Waals surface area (Å²) < 4.78 is 0. The third-order valence-electron chi connectivity index (χ3n) is 4.14. The maximum atomic E-state index is 12.1. The highest BCUT2D eigenvalue weighted by atomic mass is 16.4. The van der Waals surface area contributed by atoms with E-state index in [4.69, 9.17) is 0 Å². The van der Waals surface area contributed by atoms with Crippen LogP contribution in [0.4, 0.5) is 5.69 Å². The van der Waals surface area contributed by atoms with Crippen LogP contribution in [0.1, 0.15) is 31.2 Å². The second-order valence-electron chi connectivity index (χ2n) is 5.84. The van der Waals surface area contributed by atoms with Gasteiger partial charge in [0.1, 0.15) is 0 Å². The number of amides is 1. The van der Waals surface area contributed by atoms with Gasteiger partial charge in [-0.25, -0.2) is 0 Å². The molecule has 0 atom stereocenters. The van der Waals surface area contributed by atoms with Crippen molar-refractivity contribution in [1.82, 2.24) is 5.32 Å². The minimum absolute atomic E-state index is 0.0705. The maximum Gasteiger partial charge on any atom is 0.239 e. The molecule has 1 fully saturated rings. The first-order valence-electron chi connectivity index (χ1n) is 7.60. The summed E-state index contributed by atoms with van der Waals surface area (Å²) in [4.78, 5) is 14.2. The van der Waals surface area contributed by atoms with Crippen molar-refractivity contribution in [2.24, 2.45) is 11.1 Å². The molecule has 2 N–H and O–H groups in total. The van der Waals surface area contributed by atoms with Crippen molar-refractivity contribution in [2.45, 2.75) is 25.7 Å². The third-order valence-corrected chi connectivity index (χ3v) is 4.14. The van der Waals surface area contributed by atoms with Crippen LogP contribution < -0.4 is 10.2 Å². The molecule has 0 spiro atoms. The highest BCUT2D eigenvalue weighted by Crippen LogP contribution is 2.28. The number of rotatable bonds is 4. The number of nitrogens with one attached hydrogen (secondary N) is 1. The first-order chi connectivity index (χ1) is 10.3. The molecular formula is C16H21N3O2. The Balaban J connectivity index is 1.73. The van der Waals surface area contributed by atoms with Gasteiger partial charge in [-0.3, -0.25) is 4.79 Å². The van der Waals surface area contributed by atoms with E-state index in [0.29, 0.717) is 18.2 Å². The second kappa shape index (κ2) is 6.16. The van der Waals surface area contributed by atoms with Gasteiger partial charge < -0.3 is 15.4 Å². The van der Waals surface area contributed by atoms with Crippen LogP contribution in [0.15, 0.2) is 29.4 Å². The van der Waals surface area contributed by atoms with E-state index < -0.39 is 0 Å². The van der Waals surface area contributed by atoms with E-state index in [2.05, 4.69) is 15.4 Å². The van der Waals surface area contributed by atoms with Crippen molar-refractivity contribution in [1.29, 1.82) is 0 Å². The van der Waals surface area contributed by atoms with Crippen LogP contribution in [0.2, 0.25) is 0 Å². The summed E-state index contributed by atoms with van der Waals surface area (Å²) >= 11 is 0. The maximum absolute atomic E-state index is 12.1. The van der Waals surface area contributed by atoms with Crippen LogP contribution in [0.5, 0.6) is 0 Å². The molecule has 1 amide bonds. The Bertz CT molecular complexity index is 552. The Morgan fingerprint density at radius 3 is 2.95 bits per heavy atom. The van der Waals surface area contributed by atoms with Gasteiger partial charge in [0.05, 0.1) is 12.3 Å². The SMILES string of the molecule is O=C(CN1CCC/C(=N/O)c2ccccc21)NCC1CC1. The summed E-state index contributed by atoms with van der Waals surface area (Å²) in [5.41, 5.74) is 2.60. The summed E-state index contributed by atoms with van der Waals surface area (Å²) in [5.74, 6) is 0.764. The molecule has 21 heavy (non-hydrogen) atoms. The number of hydrogen-bond acceptors (Lipinski definition) is 4. The number of nitrogens with zero attached hydrogens (tertiary/aromatic N) is 2. The van der Waals surface area contributed by atoms with Crippen LogP contribution in [0, 0.1) is 5.92 Å². The van der Waals surface area contributed by atoms with Gasteiger partial charge in [0.25, 0.3) is 0 Å². The normalized spacial score (nSPS) is 20.0. The average molecular weight is 287 g/mol. The number of fused-ring (bicyclic) bond motifs is 1. The lowest BCUT2D eigenvalue weighted by molar-refractivity contribution is -0.119. The topological polar surface area (TPSA) is 64.9 Å². The van der Waals surface area contributed by atoms with E-state index in [1.165, 1.54) is 12.8 Å². The minimum Gasteiger partial charge on any atom is -0.411 e. The second-order valence-corrected chi connectivity index (χ2v) is 5.84. The van der Waals surface area contributed by atoms with Crippen molar-refractivity contribution in [3.05, 3.63) is 29.8 Å². The number of hydrogen-bond donors (Lipinski definition) is 2. The fourth-order valence-corrected chi connectivity index (χ4v) is 2.76. The molecule has 1 aliphatic carbocycles. The first-order valence-corrected chi connectivity index (χ1v) is 7.60. The monoisotopic (exact) mass is 287 g/mol. The van der Waals surface area contributed by atoms with Crippen LogP contribution in [0.25, 0.3) is 0 Å². The number of benzene rings is 1. The summed E-state index contributed by atoms with van der Waals surface area (Å²) in [7, 11) is 0. The van der Waals surface area contributed by atoms with Crippen LogP contribution in [-0.2, 0) is 4.79 Å². The molecule has 0 unspecified atom stereocenters. The van der Waals surface area contributed by atoms with Gasteiger partial charge in [-0.15, -0.1) is 0 Å². The Kier molecular flexibility index (Phi) is 4.08. The van der Waals surface area contributed by atoms with Gasteiger partial charge >= 0.3 is 0 Å². The highest BCUT2D eigenvalue weighted by molar-refractivity contribution is 6.05. The third kappa shape index (κ3) is 3.35. The van der Waals surface area contributed by atoms with E-state index in [0.717, 1.165) is 37.2 Å². The molecule has 2 aliphatic rings. The fraction of sp³-hybridized carbons (Fsp3) is 0.500. The Morgan fingerprint density at radius 2 is 2.19 bits per heavy atom. The Morgan fingerprint density at radius 1 is 1.38 bits per heavy atom. The molecule has 5 heteroatoms. The lowest BCUT2D eigenvalue weighted by Crippen LogP contribution is -2.38. The molecule has 0 saturated heterocycles. The molecule has 112 valence electrons. The molecule has 1 heterocycles. The van der Waals surface area contributed by atoms with Crippen LogP contribution >= 0.6 is 0 Å². The van der Waals surface area contributed by atoms with Crippen molar-refractivity contribution in [2.75, 3.05) is 24.5 Å². The summed E-state index contributed by atoms with van der Waals surface area (Å²) in [6.45, 7) is 1.97. The zero-order valence-electron chi connectivity index (χ0n) is 12.1. The summed E-state index contributed by atoms with van der Waals surface area (Å²) in [6, 6.07) is 7.82. The van der Waals surface area contributed by atoms with Crippen molar-refractivity contribution in [3.8, 4) is 0 Å². The summed E-state index contributed by atoms with van der Waals surface area (Å²) in [5, 5.41) is 15.6. The number of oxime groups is 1. The Labute approximate surface area is 124 Å². The van der Waals surface area contributed by atoms with Crippen molar-refractivity contribution >= 4 is 17.3 Å². The Hall–Kier alpha value is -2.04. The molecule has 1 aromatic rings. The number of carbonyl (C=O) groups is 1. The van der Waals surface area contributed by atoms with Gasteiger partial charge in [0.15, 0.2) is 0 Å². The lowest BCUT2D eigenvalue weighted by Gasteiger charge is -2.24. The van der Waals surface area contributed by atoms with E-state index in [-0.39, 0.29) is 5.91 Å². The number of carbonyl (C=O) groups excluding carboxylic acids is 1. The van der Waals surface area contributed by atoms with Gasteiger partial charge in [0.2, 0.25) is 5.91 Å². The molecule has 0 radical (unpaired) electrons. The molecule has 3 rings (SSSR count). The largest absolute Gasteiger partial charge is 0.411 e. The number of anilines is 1. The predicted octanol–water partition coefficient (Wildman–Crippen LogP) is 1.99. The quantitative estimate of drug-likeness (QED) is 0.657. The van der Waals surface area contributed by atoms with Crippen molar-refractivity contribution in [3.63, 3.8) is 0 Å². The molecule has 1 aliphatic heterocycles. The minimum atomic E-state index is 0.0705. The zero-order valence-corrected chi connectivity index (χ0v) is 12.1. The molecule has 0 aromatic heterocycles. The first kappa shape index (κ1) is 13.9. The fourth-order valence-electron chi connectivity index (χ4n) is 2.76. The van der Waals surface area contributed by atoms with Gasteiger partial charge in [-0.2, -0.15) is 0 Å².